The van der Waals surface area contributed by atoms with Crippen molar-refractivity contribution < 1.29 is 13.5 Å². The van der Waals surface area contributed by atoms with Crippen LogP contribution < -0.4 is 4.74 Å². The van der Waals surface area contributed by atoms with Crippen LogP contribution in [-0.4, -0.2) is 6.61 Å². The van der Waals surface area contributed by atoms with Crippen molar-refractivity contribution in [2.24, 2.45) is 5.11 Å². The molecule has 0 aromatic heterocycles. The fourth-order valence-corrected chi connectivity index (χ4v) is 1.39. The molecular weight excluding hydrogens is 307 g/mol. The Morgan fingerprint density at radius 1 is 1.50 bits per heavy atom. The second kappa shape index (κ2) is 4.97. The maximum Gasteiger partial charge on any atom is 0.387 e. The normalized spacial score (nSPS) is 9.71. The van der Waals surface area contributed by atoms with Crippen LogP contribution in [0.3, 0.4) is 0 Å². The summed E-state index contributed by atoms with van der Waals surface area (Å²) in [6.45, 7) is -2.85. The highest BCUT2D eigenvalue weighted by molar-refractivity contribution is 14.1. The largest absolute Gasteiger partial charge is 0.435 e. The summed E-state index contributed by atoms with van der Waals surface area (Å²) < 4.78 is 28.3. The van der Waals surface area contributed by atoms with E-state index in [1.165, 1.54) is 18.2 Å². The molecule has 1 aromatic rings. The maximum atomic E-state index is 11.8. The van der Waals surface area contributed by atoms with E-state index in [1.54, 1.807) is 0 Å². The van der Waals surface area contributed by atoms with Gasteiger partial charge in [0.15, 0.2) is 0 Å². The summed E-state index contributed by atoms with van der Waals surface area (Å²) >= 11 is 1.87. The molecule has 0 amide bonds. The lowest BCUT2D eigenvalue weighted by molar-refractivity contribution is -0.0498. The van der Waals surface area contributed by atoms with Gasteiger partial charge in [0.1, 0.15) is 5.75 Å². The molecule has 0 aliphatic carbocycles. The molecule has 0 saturated carbocycles. The van der Waals surface area contributed by atoms with Crippen molar-refractivity contribution in [3.63, 3.8) is 0 Å². The summed E-state index contributed by atoms with van der Waals surface area (Å²) in [7, 11) is 0. The molecule has 0 aliphatic heterocycles. The lowest BCUT2D eigenvalue weighted by Crippen LogP contribution is -2.01. The third-order valence-corrected chi connectivity index (χ3v) is 2.16. The second-order valence-corrected chi connectivity index (χ2v) is 3.34. The molecule has 0 bridgehead atoms. The molecular formula is C7H4F2IN3O. The van der Waals surface area contributed by atoms with E-state index >= 15 is 0 Å². The zero-order chi connectivity index (χ0) is 10.6. The van der Waals surface area contributed by atoms with Gasteiger partial charge in [-0.2, -0.15) is 8.78 Å². The van der Waals surface area contributed by atoms with Crippen LogP contribution in [-0.2, 0) is 0 Å². The van der Waals surface area contributed by atoms with Crippen LogP contribution in [0.15, 0.2) is 23.3 Å². The van der Waals surface area contributed by atoms with Gasteiger partial charge in [-0.15, -0.1) is 0 Å². The smallest absolute Gasteiger partial charge is 0.387 e. The fourth-order valence-electron chi connectivity index (χ4n) is 0.793. The maximum absolute atomic E-state index is 11.8. The SMILES string of the molecule is [N-]=[N+]=Nc1ccc(OC(F)F)cc1I. The van der Waals surface area contributed by atoms with Gasteiger partial charge in [0.25, 0.3) is 0 Å². The van der Waals surface area contributed by atoms with Crippen molar-refractivity contribution in [1.82, 2.24) is 0 Å². The predicted octanol–water partition coefficient (Wildman–Crippen LogP) is 3.83. The van der Waals surface area contributed by atoms with E-state index in [0.29, 0.717) is 9.26 Å². The Bertz CT molecular complexity index is 379. The van der Waals surface area contributed by atoms with E-state index in [9.17, 15) is 8.78 Å². The Balaban J connectivity index is 2.94. The third kappa shape index (κ3) is 3.00. The van der Waals surface area contributed by atoms with Gasteiger partial charge >= 0.3 is 6.61 Å². The van der Waals surface area contributed by atoms with Crippen LogP contribution in [0.25, 0.3) is 10.4 Å². The summed E-state index contributed by atoms with van der Waals surface area (Å²) in [5.74, 6) is 0.0429. The molecule has 0 saturated heterocycles. The van der Waals surface area contributed by atoms with Gasteiger partial charge in [-0.1, -0.05) is 5.11 Å². The molecule has 0 aliphatic rings. The summed E-state index contributed by atoms with van der Waals surface area (Å²) in [6, 6.07) is 4.11. The van der Waals surface area contributed by atoms with Crippen LogP contribution in [0.5, 0.6) is 5.75 Å². The zero-order valence-corrected chi connectivity index (χ0v) is 8.85. The number of hydrogen-bond acceptors (Lipinski definition) is 2. The predicted molar refractivity (Wildman–Crippen MR) is 54.6 cm³/mol. The Labute approximate surface area is 91.6 Å². The first kappa shape index (κ1) is 11.0. The lowest BCUT2D eigenvalue weighted by Gasteiger charge is -2.05. The van der Waals surface area contributed by atoms with Gasteiger partial charge < -0.3 is 4.74 Å². The van der Waals surface area contributed by atoms with Crippen LogP contribution >= 0.6 is 22.6 Å². The highest BCUT2D eigenvalue weighted by Crippen LogP contribution is 2.26. The Hall–Kier alpha value is -1.08. The first-order chi connectivity index (χ1) is 6.63. The first-order valence-corrected chi connectivity index (χ1v) is 4.51. The molecule has 0 spiro atoms. The Kier molecular flexibility index (Phi) is 3.90. The van der Waals surface area contributed by atoms with Crippen LogP contribution in [0.2, 0.25) is 0 Å². The van der Waals surface area contributed by atoms with E-state index in [-0.39, 0.29) is 5.75 Å². The molecule has 1 aromatic carbocycles. The van der Waals surface area contributed by atoms with E-state index in [1.807, 2.05) is 22.6 Å². The molecule has 0 N–H and O–H groups in total. The highest BCUT2D eigenvalue weighted by atomic mass is 127. The molecule has 0 fully saturated rings. The minimum Gasteiger partial charge on any atom is -0.435 e. The van der Waals surface area contributed by atoms with Gasteiger partial charge in [0, 0.05) is 8.48 Å². The number of halogens is 3. The van der Waals surface area contributed by atoms with Crippen LogP contribution in [0, 0.1) is 3.57 Å². The van der Waals surface area contributed by atoms with E-state index < -0.39 is 6.61 Å². The number of azide groups is 1. The molecule has 74 valence electrons. The molecule has 0 atom stereocenters. The van der Waals surface area contributed by atoms with Crippen molar-refractivity contribution in [2.75, 3.05) is 0 Å². The monoisotopic (exact) mass is 311 g/mol. The second-order valence-electron chi connectivity index (χ2n) is 2.18. The number of ether oxygens (including phenoxy) is 1. The van der Waals surface area contributed by atoms with E-state index in [0.717, 1.165) is 0 Å². The summed E-state index contributed by atoms with van der Waals surface area (Å²) in [5, 5.41) is 3.36. The Morgan fingerprint density at radius 3 is 2.71 bits per heavy atom. The van der Waals surface area contributed by atoms with Crippen molar-refractivity contribution in [3.05, 3.63) is 32.2 Å². The van der Waals surface area contributed by atoms with Crippen molar-refractivity contribution in [3.8, 4) is 5.75 Å². The number of benzene rings is 1. The van der Waals surface area contributed by atoms with Gasteiger partial charge in [-0.3, -0.25) is 0 Å². The van der Waals surface area contributed by atoms with Crippen LogP contribution in [0.4, 0.5) is 14.5 Å². The number of hydrogen-bond donors (Lipinski definition) is 0. The van der Waals surface area contributed by atoms with E-state index in [2.05, 4.69) is 14.8 Å². The number of rotatable bonds is 3. The third-order valence-electron chi connectivity index (χ3n) is 1.30. The molecule has 7 heteroatoms. The zero-order valence-electron chi connectivity index (χ0n) is 6.69. The highest BCUT2D eigenvalue weighted by Gasteiger charge is 2.05. The molecule has 1 rings (SSSR count). The minimum absolute atomic E-state index is 0.0429. The lowest BCUT2D eigenvalue weighted by atomic mass is 10.3. The Morgan fingerprint density at radius 2 is 2.21 bits per heavy atom. The first-order valence-electron chi connectivity index (χ1n) is 3.43. The molecule has 0 unspecified atom stereocenters. The summed E-state index contributed by atoms with van der Waals surface area (Å²) in [6.07, 6.45) is 0. The quantitative estimate of drug-likeness (QED) is 0.362. The van der Waals surface area contributed by atoms with Gasteiger partial charge in [0.05, 0.1) is 5.69 Å². The number of nitrogens with zero attached hydrogens (tertiary/aromatic N) is 3. The van der Waals surface area contributed by atoms with Crippen molar-refractivity contribution in [1.29, 1.82) is 0 Å². The molecule has 4 nitrogen and oxygen atoms in total. The fraction of sp³-hybridized carbons (Fsp3) is 0.143. The molecule has 0 heterocycles. The van der Waals surface area contributed by atoms with E-state index in [4.69, 9.17) is 5.53 Å². The molecule has 0 radical (unpaired) electrons. The van der Waals surface area contributed by atoms with Gasteiger partial charge in [-0.05, 0) is 46.3 Å². The van der Waals surface area contributed by atoms with Crippen LogP contribution in [0.1, 0.15) is 0 Å². The average molecular weight is 311 g/mol. The van der Waals surface area contributed by atoms with Crippen molar-refractivity contribution >= 4 is 28.3 Å². The summed E-state index contributed by atoms with van der Waals surface area (Å²) in [5.41, 5.74) is 8.55. The van der Waals surface area contributed by atoms with Crippen molar-refractivity contribution in [2.45, 2.75) is 6.61 Å². The molecule has 14 heavy (non-hydrogen) atoms. The summed E-state index contributed by atoms with van der Waals surface area (Å²) in [4.78, 5) is 2.59. The van der Waals surface area contributed by atoms with Gasteiger partial charge in [-0.25, -0.2) is 0 Å². The standard InChI is InChI=1S/C7H4F2IN3O/c8-7(9)14-4-1-2-6(12-13-11)5(10)3-4/h1-3,7H. The topological polar surface area (TPSA) is 58.0 Å². The minimum atomic E-state index is -2.85. The number of alkyl halides is 2. The van der Waals surface area contributed by atoms with Gasteiger partial charge in [0.2, 0.25) is 0 Å². The average Bonchev–Trinajstić information content (AvgIpc) is 2.09.